The molecule has 0 saturated carbocycles. The third kappa shape index (κ3) is 25.0. The molecule has 0 spiro atoms. The number of esters is 2. The predicted octanol–water partition coefficient (Wildman–Crippen LogP) is 12.3. The van der Waals surface area contributed by atoms with Crippen molar-refractivity contribution in [1.29, 1.82) is 0 Å². The van der Waals surface area contributed by atoms with Gasteiger partial charge < -0.3 is 36.8 Å². The molecule has 1 aliphatic heterocycles. The van der Waals surface area contributed by atoms with Crippen LogP contribution in [0, 0.1) is 10.7 Å². The number of hydrogen-bond donors (Lipinski definition) is 0. The van der Waals surface area contributed by atoms with E-state index in [1.807, 2.05) is 6.07 Å². The van der Waals surface area contributed by atoms with E-state index in [4.69, 9.17) is 32.2 Å². The smallest absolute Gasteiger partial charge is 0.748 e. The van der Waals surface area contributed by atoms with Crippen molar-refractivity contribution in [2.75, 3.05) is 19.0 Å². The summed E-state index contributed by atoms with van der Waals surface area (Å²) >= 11 is 6.47. The number of ether oxygens (including phenoxy) is 4. The fraction of sp³-hybridized carbons (Fsp3) is 0.846. The van der Waals surface area contributed by atoms with E-state index in [1.165, 1.54) is 70.6 Å². The zero-order valence-corrected chi connectivity index (χ0v) is 59.8. The minimum atomic E-state index is -4.87. The van der Waals surface area contributed by atoms with Gasteiger partial charge in [-0.05, 0) is 141 Å². The molecule has 12 nitrogen and oxygen atoms in total. The number of halogens is 3. The molecule has 0 amide bonds. The second-order valence-electron chi connectivity index (χ2n) is 24.3. The van der Waals surface area contributed by atoms with Crippen molar-refractivity contribution in [1.82, 2.24) is 0 Å². The van der Waals surface area contributed by atoms with Gasteiger partial charge >= 0.3 is 41.5 Å². The largest absolute Gasteiger partial charge is 1.00 e. The van der Waals surface area contributed by atoms with Crippen LogP contribution in [-0.2, 0) is 47.1 Å². The Morgan fingerprint density at radius 2 is 1.07 bits per heavy atom. The van der Waals surface area contributed by atoms with E-state index in [1.54, 1.807) is 6.07 Å². The second kappa shape index (κ2) is 32.2. The quantitative estimate of drug-likeness (QED) is 0.0173. The number of rotatable bonds is 31. The molecule has 1 aromatic carbocycles. The van der Waals surface area contributed by atoms with E-state index in [2.05, 4.69) is 176 Å². The van der Waals surface area contributed by atoms with Gasteiger partial charge in [0.1, 0.15) is 24.9 Å². The topological polar surface area (TPSA) is 156 Å². The van der Waals surface area contributed by atoms with Gasteiger partial charge in [0.25, 0.3) is 0 Å². The van der Waals surface area contributed by atoms with Gasteiger partial charge in [-0.15, -0.1) is 0 Å². The second-order valence-corrected chi connectivity index (χ2v) is 43.5. The van der Waals surface area contributed by atoms with E-state index in [0.717, 1.165) is 30.0 Å². The van der Waals surface area contributed by atoms with Gasteiger partial charge in [-0.3, -0.25) is 4.79 Å². The normalized spacial score (nSPS) is 20.0. The average molecular weight is 1430 g/mol. The van der Waals surface area contributed by atoms with Gasteiger partial charge in [-0.1, -0.05) is 159 Å². The van der Waals surface area contributed by atoms with Crippen LogP contribution >= 0.6 is 67.8 Å². The van der Waals surface area contributed by atoms with Crippen LogP contribution < -0.4 is 29.6 Å². The number of carbonyl (C=O) groups excluding carboxylic acids is 2. The Morgan fingerprint density at radius 3 is 1.50 bits per heavy atom. The molecule has 414 valence electrons. The monoisotopic (exact) mass is 1430 g/mol. The molecule has 0 aromatic heterocycles. The SMILES string of the molecule is CCCCCCCCCCCCCCCCCC(=O)OCC(COC1OC(CS(=O)(=O)[O-])C(O[Si](C)(C)C(C)(C)C)C(O[Si](C)(C)C(C)(C)C)C1O[Si](C)(C)C(C)(C)C)OC(=O)c1cc(I)cc(I)c1I.[Na+]. The van der Waals surface area contributed by atoms with Crippen LogP contribution in [0.1, 0.15) is 182 Å². The fourth-order valence-corrected chi connectivity index (χ4v) is 14.4. The van der Waals surface area contributed by atoms with Crippen molar-refractivity contribution in [3.05, 3.63) is 28.4 Å². The molecular weight excluding hydrogens is 1340 g/mol. The van der Waals surface area contributed by atoms with Gasteiger partial charge in [0, 0.05) is 17.1 Å². The molecule has 20 heteroatoms. The van der Waals surface area contributed by atoms with E-state index >= 15 is 0 Å². The standard InChI is InChI=1S/C52H95I3O12SSi3.Na/c1-17-18-19-20-21-22-23-24-25-26-27-28-29-30-31-32-43(56)61-35-39(63-48(57)40-33-38(53)34-41(54)44(40)55)36-62-49-47(67-71(15,16)52(8,9)10)46(66-70(13,14)51(5,6)7)45(42(64-49)37-68(58,59)60)65-69(11,12)50(2,3)4;/h33-34,39,42,45-47,49H,17-32,35-37H2,1-16H3,(H,58,59,60);/q;+1/p-1. The zero-order valence-electron chi connectivity index (χ0n) is 47.5. The minimum absolute atomic E-state index is 0. The van der Waals surface area contributed by atoms with E-state index < -0.39 is 89.6 Å². The maximum absolute atomic E-state index is 14.0. The molecule has 6 atom stereocenters. The third-order valence-corrected chi connectivity index (χ3v) is 32.8. The summed E-state index contributed by atoms with van der Waals surface area (Å²) in [5.74, 6) is -1.91. The molecule has 0 radical (unpaired) electrons. The Bertz CT molecular complexity index is 1910. The molecule has 1 aliphatic rings. The zero-order chi connectivity index (χ0) is 54.2. The summed E-state index contributed by atoms with van der Waals surface area (Å²) in [4.78, 5) is 27.3. The van der Waals surface area contributed by atoms with Crippen molar-refractivity contribution in [3.63, 3.8) is 0 Å². The van der Waals surface area contributed by atoms with Gasteiger partial charge in [0.15, 0.2) is 37.3 Å². The maximum Gasteiger partial charge on any atom is 1.00 e. The summed E-state index contributed by atoms with van der Waals surface area (Å²) < 4.78 is 87.9. The Morgan fingerprint density at radius 1 is 0.653 bits per heavy atom. The molecule has 6 unspecified atom stereocenters. The molecule has 0 aliphatic carbocycles. The fourth-order valence-electron chi connectivity index (χ4n) is 7.44. The van der Waals surface area contributed by atoms with Gasteiger partial charge in [0.05, 0.1) is 34.1 Å². The van der Waals surface area contributed by atoms with Crippen LogP contribution in [-0.4, -0.2) is 106 Å². The van der Waals surface area contributed by atoms with Crippen molar-refractivity contribution in [3.8, 4) is 0 Å². The minimum Gasteiger partial charge on any atom is -0.748 e. The number of hydrogen-bond acceptors (Lipinski definition) is 12. The van der Waals surface area contributed by atoms with Crippen LogP contribution in [0.5, 0.6) is 0 Å². The third-order valence-electron chi connectivity index (χ3n) is 15.0. The first-order valence-corrected chi connectivity index (χ1v) is 39.8. The first-order chi connectivity index (χ1) is 32.5. The molecule has 1 aromatic rings. The first kappa shape index (κ1) is 71.7. The van der Waals surface area contributed by atoms with Gasteiger partial charge in [-0.2, -0.15) is 0 Å². The van der Waals surface area contributed by atoms with E-state index in [-0.39, 0.29) is 64.3 Å². The van der Waals surface area contributed by atoms with Crippen LogP contribution in [0.25, 0.3) is 0 Å². The Balaban J connectivity index is 0.0000259. The number of benzene rings is 1. The first-order valence-electron chi connectivity index (χ1n) is 26.3. The van der Waals surface area contributed by atoms with Gasteiger partial charge in [-0.25, -0.2) is 13.2 Å². The van der Waals surface area contributed by atoms with E-state index in [0.29, 0.717) is 12.0 Å². The predicted molar refractivity (Wildman–Crippen MR) is 320 cm³/mol. The van der Waals surface area contributed by atoms with Crippen LogP contribution in [0.4, 0.5) is 0 Å². The molecule has 0 bridgehead atoms. The van der Waals surface area contributed by atoms with Crippen LogP contribution in [0.3, 0.4) is 0 Å². The molecular formula is C52H94I3NaO12SSi3. The Labute approximate surface area is 504 Å². The van der Waals surface area contributed by atoms with Crippen LogP contribution in [0.2, 0.25) is 54.4 Å². The molecule has 0 N–H and O–H groups in total. The summed E-state index contributed by atoms with van der Waals surface area (Å²) in [6, 6.07) is 3.71. The van der Waals surface area contributed by atoms with Crippen molar-refractivity contribution >= 4 is 115 Å². The Kier molecular flexibility index (Phi) is 32.1. The van der Waals surface area contributed by atoms with Crippen LogP contribution in [0.15, 0.2) is 12.1 Å². The van der Waals surface area contributed by atoms with Crippen molar-refractivity contribution in [2.45, 2.75) is 263 Å². The summed E-state index contributed by atoms with van der Waals surface area (Å²) in [6.45, 7) is 33.2. The molecule has 2 rings (SSSR count). The average Bonchev–Trinajstić information content (AvgIpc) is 3.21. The summed E-state index contributed by atoms with van der Waals surface area (Å²) in [5, 5.41) is -0.873. The summed E-state index contributed by atoms with van der Waals surface area (Å²) in [7, 11) is -13.0. The summed E-state index contributed by atoms with van der Waals surface area (Å²) in [6.07, 6.45) is 11.9. The molecule has 72 heavy (non-hydrogen) atoms. The van der Waals surface area contributed by atoms with Gasteiger partial charge in [0.2, 0.25) is 0 Å². The summed E-state index contributed by atoms with van der Waals surface area (Å²) in [5.41, 5.74) is 0.359. The Hall–Kier alpha value is 1.71. The van der Waals surface area contributed by atoms with Crippen molar-refractivity contribution < 1.29 is 84.3 Å². The number of carbonyl (C=O) groups is 2. The van der Waals surface area contributed by atoms with E-state index in [9.17, 15) is 22.6 Å². The molecule has 1 heterocycles. The maximum atomic E-state index is 14.0. The van der Waals surface area contributed by atoms with Crippen molar-refractivity contribution in [2.24, 2.45) is 0 Å². The number of unbranched alkanes of at least 4 members (excludes halogenated alkanes) is 14. The molecule has 1 fully saturated rings. The molecule has 1 saturated heterocycles.